The summed E-state index contributed by atoms with van der Waals surface area (Å²) in [6, 6.07) is 13.9. The second-order valence-corrected chi connectivity index (χ2v) is 5.40. The van der Waals surface area contributed by atoms with Crippen molar-refractivity contribution in [2.75, 3.05) is 0 Å². The molecule has 0 unspecified atom stereocenters. The SMILES string of the molecule is C(=Cc1nc2ccccc2n1-c1ccccn1)c1ncc[nH]1.O=C(O)C(=O)O. The molecule has 0 aliphatic rings. The number of pyridine rings is 1. The molecule has 0 atom stereocenters. The van der Waals surface area contributed by atoms with Crippen molar-refractivity contribution in [3.63, 3.8) is 0 Å². The van der Waals surface area contributed by atoms with Gasteiger partial charge < -0.3 is 15.2 Å². The zero-order valence-corrected chi connectivity index (χ0v) is 14.4. The highest BCUT2D eigenvalue weighted by Crippen LogP contribution is 2.21. The molecule has 4 aromatic rings. The first-order valence-electron chi connectivity index (χ1n) is 8.09. The van der Waals surface area contributed by atoms with Crippen molar-refractivity contribution in [3.8, 4) is 5.82 Å². The highest BCUT2D eigenvalue weighted by Gasteiger charge is 2.10. The first-order valence-corrected chi connectivity index (χ1v) is 8.09. The molecule has 140 valence electrons. The van der Waals surface area contributed by atoms with Crippen LogP contribution in [-0.2, 0) is 9.59 Å². The third-order valence-corrected chi connectivity index (χ3v) is 3.56. The maximum absolute atomic E-state index is 9.10. The van der Waals surface area contributed by atoms with Crippen LogP contribution in [0.2, 0.25) is 0 Å². The fourth-order valence-corrected chi connectivity index (χ4v) is 2.41. The van der Waals surface area contributed by atoms with E-state index in [4.69, 9.17) is 19.8 Å². The summed E-state index contributed by atoms with van der Waals surface area (Å²) in [4.78, 5) is 34.6. The number of H-pyrrole nitrogens is 1. The monoisotopic (exact) mass is 377 g/mol. The highest BCUT2D eigenvalue weighted by atomic mass is 16.4. The van der Waals surface area contributed by atoms with Crippen molar-refractivity contribution >= 4 is 35.1 Å². The van der Waals surface area contributed by atoms with E-state index >= 15 is 0 Å². The first kappa shape index (κ1) is 18.5. The van der Waals surface area contributed by atoms with Crippen LogP contribution >= 0.6 is 0 Å². The Morgan fingerprint density at radius 2 is 1.68 bits per heavy atom. The Bertz CT molecular complexity index is 1110. The quantitative estimate of drug-likeness (QED) is 0.467. The van der Waals surface area contributed by atoms with Gasteiger partial charge in [-0.2, -0.15) is 0 Å². The van der Waals surface area contributed by atoms with Crippen LogP contribution < -0.4 is 0 Å². The van der Waals surface area contributed by atoms with Gasteiger partial charge >= 0.3 is 11.9 Å². The third kappa shape index (κ3) is 4.28. The van der Waals surface area contributed by atoms with E-state index in [-0.39, 0.29) is 0 Å². The molecule has 4 rings (SSSR count). The van der Waals surface area contributed by atoms with Crippen molar-refractivity contribution in [2.45, 2.75) is 0 Å². The Labute approximate surface area is 158 Å². The van der Waals surface area contributed by atoms with E-state index in [9.17, 15) is 0 Å². The number of hydrogen-bond donors (Lipinski definition) is 3. The van der Waals surface area contributed by atoms with E-state index in [0.29, 0.717) is 0 Å². The number of rotatable bonds is 3. The second-order valence-electron chi connectivity index (χ2n) is 5.40. The molecule has 0 fully saturated rings. The molecular formula is C19H15N5O4. The lowest BCUT2D eigenvalue weighted by Crippen LogP contribution is -2.09. The molecule has 3 heterocycles. The van der Waals surface area contributed by atoms with Crippen LogP contribution in [0.3, 0.4) is 0 Å². The number of aromatic nitrogens is 5. The molecule has 0 aliphatic heterocycles. The topological polar surface area (TPSA) is 134 Å². The number of nitrogens with zero attached hydrogens (tertiary/aromatic N) is 4. The molecule has 9 heteroatoms. The molecular weight excluding hydrogens is 362 g/mol. The Morgan fingerprint density at radius 3 is 2.32 bits per heavy atom. The van der Waals surface area contributed by atoms with Crippen molar-refractivity contribution in [2.24, 2.45) is 0 Å². The van der Waals surface area contributed by atoms with E-state index in [1.54, 1.807) is 18.6 Å². The molecule has 0 radical (unpaired) electrons. The summed E-state index contributed by atoms with van der Waals surface area (Å²) in [7, 11) is 0. The maximum atomic E-state index is 9.10. The lowest BCUT2D eigenvalue weighted by atomic mass is 10.3. The largest absolute Gasteiger partial charge is 0.473 e. The number of imidazole rings is 2. The maximum Gasteiger partial charge on any atom is 0.414 e. The molecule has 0 saturated carbocycles. The van der Waals surface area contributed by atoms with E-state index in [0.717, 1.165) is 28.5 Å². The predicted octanol–water partition coefficient (Wildman–Crippen LogP) is 2.47. The predicted molar refractivity (Wildman–Crippen MR) is 102 cm³/mol. The first-order chi connectivity index (χ1) is 13.6. The van der Waals surface area contributed by atoms with Gasteiger partial charge in [-0.1, -0.05) is 18.2 Å². The highest BCUT2D eigenvalue weighted by molar-refractivity contribution is 6.27. The van der Waals surface area contributed by atoms with Crippen LogP contribution in [0.4, 0.5) is 0 Å². The normalized spacial score (nSPS) is 10.6. The summed E-state index contributed by atoms with van der Waals surface area (Å²) in [6.45, 7) is 0. The van der Waals surface area contributed by atoms with Gasteiger partial charge in [-0.25, -0.2) is 24.5 Å². The lowest BCUT2D eigenvalue weighted by molar-refractivity contribution is -0.159. The zero-order chi connectivity index (χ0) is 19.9. The summed E-state index contributed by atoms with van der Waals surface area (Å²) in [6.07, 6.45) is 9.14. The summed E-state index contributed by atoms with van der Waals surface area (Å²) in [5.41, 5.74) is 1.97. The second kappa shape index (κ2) is 8.41. The smallest absolute Gasteiger partial charge is 0.414 e. The van der Waals surface area contributed by atoms with Crippen LogP contribution in [0, 0.1) is 0 Å². The van der Waals surface area contributed by atoms with Gasteiger partial charge in [0.1, 0.15) is 17.5 Å². The zero-order valence-electron chi connectivity index (χ0n) is 14.4. The minimum absolute atomic E-state index is 0.791. The molecule has 0 amide bonds. The van der Waals surface area contributed by atoms with Crippen molar-refractivity contribution in [1.82, 2.24) is 24.5 Å². The Balaban J connectivity index is 0.000000330. The number of benzene rings is 1. The minimum atomic E-state index is -1.82. The van der Waals surface area contributed by atoms with E-state index in [1.807, 2.05) is 59.2 Å². The van der Waals surface area contributed by atoms with Gasteiger partial charge in [0, 0.05) is 18.6 Å². The van der Waals surface area contributed by atoms with Crippen LogP contribution in [0.5, 0.6) is 0 Å². The average molecular weight is 377 g/mol. The fraction of sp³-hybridized carbons (Fsp3) is 0. The summed E-state index contributed by atoms with van der Waals surface area (Å²) in [5, 5.41) is 14.8. The van der Waals surface area contributed by atoms with Gasteiger partial charge in [0.2, 0.25) is 0 Å². The molecule has 3 N–H and O–H groups in total. The van der Waals surface area contributed by atoms with Crippen LogP contribution in [0.1, 0.15) is 11.6 Å². The molecule has 0 bridgehead atoms. The van der Waals surface area contributed by atoms with Crippen molar-refractivity contribution in [3.05, 3.63) is 72.7 Å². The van der Waals surface area contributed by atoms with E-state index < -0.39 is 11.9 Å². The van der Waals surface area contributed by atoms with Crippen LogP contribution in [-0.4, -0.2) is 46.7 Å². The number of hydrogen-bond acceptors (Lipinski definition) is 5. The minimum Gasteiger partial charge on any atom is -0.473 e. The number of carboxylic acids is 2. The van der Waals surface area contributed by atoms with Gasteiger partial charge in [0.15, 0.2) is 0 Å². The van der Waals surface area contributed by atoms with E-state index in [1.165, 1.54) is 0 Å². The number of carbonyl (C=O) groups is 2. The molecule has 0 saturated heterocycles. The molecule has 0 aliphatic carbocycles. The van der Waals surface area contributed by atoms with Crippen molar-refractivity contribution < 1.29 is 19.8 Å². The Hall–Kier alpha value is -4.27. The molecule has 1 aromatic carbocycles. The summed E-state index contributed by atoms with van der Waals surface area (Å²) in [5.74, 6) is -1.20. The molecule has 9 nitrogen and oxygen atoms in total. The molecule has 28 heavy (non-hydrogen) atoms. The Kier molecular flexibility index (Phi) is 5.56. The van der Waals surface area contributed by atoms with Gasteiger partial charge in [0.05, 0.1) is 11.0 Å². The number of nitrogens with one attached hydrogen (secondary N) is 1. The van der Waals surface area contributed by atoms with Crippen LogP contribution in [0.25, 0.3) is 29.0 Å². The Morgan fingerprint density at radius 1 is 0.929 bits per heavy atom. The van der Waals surface area contributed by atoms with Gasteiger partial charge in [0.25, 0.3) is 0 Å². The van der Waals surface area contributed by atoms with Gasteiger partial charge in [-0.05, 0) is 36.4 Å². The number of para-hydroxylation sites is 2. The number of aromatic amines is 1. The summed E-state index contributed by atoms with van der Waals surface area (Å²) < 4.78 is 2.04. The number of fused-ring (bicyclic) bond motifs is 1. The van der Waals surface area contributed by atoms with Crippen molar-refractivity contribution in [1.29, 1.82) is 0 Å². The number of carboxylic acid groups (broad SMARTS) is 2. The average Bonchev–Trinajstić information content (AvgIpc) is 3.34. The standard InChI is InChI=1S/C17H13N5.C2H2O4/c1-2-6-14-13(5-1)21-17(9-8-15-18-11-12-19-15)22(14)16-7-3-4-10-20-16;3-1(4)2(5)6/h1-12H,(H,18,19);(H,3,4)(H,5,6). The lowest BCUT2D eigenvalue weighted by Gasteiger charge is -2.05. The third-order valence-electron chi connectivity index (χ3n) is 3.56. The van der Waals surface area contributed by atoms with Gasteiger partial charge in [-0.15, -0.1) is 0 Å². The summed E-state index contributed by atoms with van der Waals surface area (Å²) >= 11 is 0. The molecule has 0 spiro atoms. The van der Waals surface area contributed by atoms with E-state index in [2.05, 4.69) is 19.9 Å². The van der Waals surface area contributed by atoms with Crippen LogP contribution in [0.15, 0.2) is 61.1 Å². The van der Waals surface area contributed by atoms with Gasteiger partial charge in [-0.3, -0.25) is 4.57 Å². The molecule has 3 aromatic heterocycles. The number of aliphatic carboxylic acids is 2. The fourth-order valence-electron chi connectivity index (χ4n) is 2.41.